The van der Waals surface area contributed by atoms with Crippen LogP contribution in [0.4, 0.5) is 5.82 Å². The van der Waals surface area contributed by atoms with Crippen LogP contribution in [-0.2, 0) is 28.5 Å². The van der Waals surface area contributed by atoms with Crippen LogP contribution in [0.2, 0.25) is 5.02 Å². The maximum absolute atomic E-state index is 13.7. The Morgan fingerprint density at radius 3 is 2.20 bits per heavy atom. The molecule has 0 bridgehead atoms. The van der Waals surface area contributed by atoms with E-state index in [4.69, 9.17) is 30.5 Å². The first-order valence-electron chi connectivity index (χ1n) is 15.1. The second-order valence-corrected chi connectivity index (χ2v) is 11.6. The summed E-state index contributed by atoms with van der Waals surface area (Å²) in [5, 5.41) is 9.91. The summed E-state index contributed by atoms with van der Waals surface area (Å²) >= 11 is 6.20. The average molecular weight is 681 g/mol. The van der Waals surface area contributed by atoms with Crippen LogP contribution in [0.3, 0.4) is 0 Å². The molecule has 1 aliphatic heterocycles. The van der Waals surface area contributed by atoms with E-state index in [1.54, 1.807) is 36.4 Å². The number of rotatable bonds is 9. The van der Waals surface area contributed by atoms with E-state index >= 15 is 0 Å². The van der Waals surface area contributed by atoms with Gasteiger partial charge in [-0.05, 0) is 41.0 Å². The fourth-order valence-electron chi connectivity index (χ4n) is 5.68. The normalized spacial score (nSPS) is 19.1. The molecule has 0 radical (unpaired) electrons. The molecule has 6 rings (SSSR count). The topological polar surface area (TPSA) is 159 Å². The summed E-state index contributed by atoms with van der Waals surface area (Å²) in [5.74, 6) is -1.82. The highest BCUT2D eigenvalue weighted by atomic mass is 35.5. The Morgan fingerprint density at radius 2 is 1.55 bits per heavy atom. The van der Waals surface area contributed by atoms with Crippen molar-refractivity contribution in [2.75, 3.05) is 11.9 Å². The van der Waals surface area contributed by atoms with Crippen molar-refractivity contribution >= 4 is 46.5 Å². The van der Waals surface area contributed by atoms with Crippen molar-refractivity contribution in [3.8, 4) is 17.3 Å². The van der Waals surface area contributed by atoms with Crippen LogP contribution in [-0.4, -0.2) is 62.8 Å². The molecule has 1 saturated heterocycles. The molecule has 0 aliphatic carbocycles. The molecule has 13 nitrogen and oxygen atoms in total. The Bertz CT molecular complexity index is 2030. The van der Waals surface area contributed by atoms with Crippen LogP contribution in [0.5, 0.6) is 0 Å². The lowest BCUT2D eigenvalue weighted by Gasteiger charge is -2.28. The number of ether oxygens (including phenoxy) is 4. The van der Waals surface area contributed by atoms with Crippen LogP contribution in [0.1, 0.15) is 42.1 Å². The van der Waals surface area contributed by atoms with Gasteiger partial charge >= 0.3 is 17.9 Å². The number of carbonyl (C=O) groups is 3. The molecule has 0 saturated carbocycles. The molecular weight excluding hydrogens is 652 g/mol. The maximum Gasteiger partial charge on any atom is 0.338 e. The Kier molecular flexibility index (Phi) is 9.52. The highest BCUT2D eigenvalue weighted by molar-refractivity contribution is 6.30. The summed E-state index contributed by atoms with van der Waals surface area (Å²) in [7, 11) is 1.52. The van der Waals surface area contributed by atoms with Crippen molar-refractivity contribution < 1.29 is 33.3 Å². The van der Waals surface area contributed by atoms with Crippen LogP contribution >= 0.6 is 11.6 Å². The lowest BCUT2D eigenvalue weighted by molar-refractivity contribution is -0.166. The van der Waals surface area contributed by atoms with Crippen LogP contribution in [0.25, 0.3) is 22.3 Å². The van der Waals surface area contributed by atoms with Gasteiger partial charge in [-0.25, -0.2) is 19.7 Å². The number of aromatic nitrogens is 4. The Labute approximate surface area is 285 Å². The van der Waals surface area contributed by atoms with Crippen LogP contribution in [0.15, 0.2) is 91.5 Å². The lowest BCUT2D eigenvalue weighted by atomic mass is 9.98. The van der Waals surface area contributed by atoms with Crippen molar-refractivity contribution in [1.82, 2.24) is 19.5 Å². The van der Waals surface area contributed by atoms with Gasteiger partial charge in [0, 0.05) is 25.9 Å². The van der Waals surface area contributed by atoms with Crippen molar-refractivity contribution in [2.45, 2.75) is 44.5 Å². The quantitative estimate of drug-likeness (QED) is 0.0843. The third kappa shape index (κ3) is 6.92. The van der Waals surface area contributed by atoms with Crippen LogP contribution in [0, 0.1) is 11.5 Å². The van der Waals surface area contributed by atoms with Gasteiger partial charge in [0.1, 0.15) is 12.4 Å². The molecule has 5 aromatic rings. The number of halogens is 1. The van der Waals surface area contributed by atoms with Gasteiger partial charge in [-0.3, -0.25) is 19.1 Å². The zero-order valence-corrected chi connectivity index (χ0v) is 27.2. The predicted octanol–water partition coefficient (Wildman–Crippen LogP) is 5.42. The SMILES string of the molecule is CC(=O)O[C@H]1[C@@H](OC(C)=O)[C@@H](n2cnc3c(N(C)C#N)ncnc32)O[C@@H]1[C@H](OC(=O)c1ccc(-c2ccccc2)cc1)c1ccc(Cl)cc1. The number of esters is 3. The van der Waals surface area contributed by atoms with E-state index in [0.717, 1.165) is 11.1 Å². The summed E-state index contributed by atoms with van der Waals surface area (Å²) in [4.78, 5) is 52.8. The number of nitriles is 1. The third-order valence-electron chi connectivity index (χ3n) is 7.87. The summed E-state index contributed by atoms with van der Waals surface area (Å²) in [6, 6.07) is 23.2. The summed E-state index contributed by atoms with van der Waals surface area (Å²) < 4.78 is 25.7. The second-order valence-electron chi connectivity index (χ2n) is 11.1. The van der Waals surface area contributed by atoms with Crippen molar-refractivity contribution in [2.24, 2.45) is 0 Å². The van der Waals surface area contributed by atoms with Crippen molar-refractivity contribution in [1.29, 1.82) is 5.26 Å². The van der Waals surface area contributed by atoms with Crippen molar-refractivity contribution in [3.63, 3.8) is 0 Å². The number of carbonyl (C=O) groups excluding carboxylic acids is 3. The standard InChI is InChI=1S/C35H29ClN6O7/c1-20(43)46-30-29(48-34(31(30)47-21(2)44)42-19-40-27-32(41(3)17-37)38-18-39-33(27)42)28(24-13-15-26(36)16-14-24)49-35(45)25-11-9-23(10-12-25)22-7-5-4-6-8-22/h4-16,18-19,28-31,34H,1-3H3/t28-,29-,30-,31-,34+/m1/s1. The molecule has 0 N–H and O–H groups in total. The molecule has 3 heterocycles. The largest absolute Gasteiger partial charge is 0.455 e. The molecule has 49 heavy (non-hydrogen) atoms. The van der Waals surface area contributed by atoms with Gasteiger partial charge in [0.25, 0.3) is 0 Å². The third-order valence-corrected chi connectivity index (χ3v) is 8.12. The van der Waals surface area contributed by atoms with E-state index in [-0.39, 0.29) is 22.5 Å². The number of benzene rings is 3. The minimum absolute atomic E-state index is 0.229. The maximum atomic E-state index is 13.7. The van der Waals surface area contributed by atoms with E-state index in [9.17, 15) is 19.6 Å². The van der Waals surface area contributed by atoms with E-state index in [2.05, 4.69) is 15.0 Å². The Hall–Kier alpha value is -5.84. The number of fused-ring (bicyclic) bond motifs is 1. The molecule has 3 aromatic carbocycles. The van der Waals surface area contributed by atoms with Gasteiger partial charge in [0.15, 0.2) is 47.7 Å². The van der Waals surface area contributed by atoms with Gasteiger partial charge in [-0.1, -0.05) is 66.2 Å². The molecule has 0 spiro atoms. The fourth-order valence-corrected chi connectivity index (χ4v) is 5.81. The fraction of sp³-hybridized carbons (Fsp3) is 0.229. The van der Waals surface area contributed by atoms with Gasteiger partial charge in [-0.2, -0.15) is 5.26 Å². The Morgan fingerprint density at radius 1 is 0.898 bits per heavy atom. The van der Waals surface area contributed by atoms with E-state index < -0.39 is 48.6 Å². The summed E-state index contributed by atoms with van der Waals surface area (Å²) in [5.41, 5.74) is 3.14. The summed E-state index contributed by atoms with van der Waals surface area (Å²) in [6.07, 6.45) is -1.44. The molecule has 0 unspecified atom stereocenters. The van der Waals surface area contributed by atoms with Gasteiger partial charge in [-0.15, -0.1) is 0 Å². The molecule has 1 aliphatic rings. The molecule has 248 valence electrons. The zero-order chi connectivity index (χ0) is 34.7. The first-order chi connectivity index (χ1) is 23.6. The van der Waals surface area contributed by atoms with E-state index in [0.29, 0.717) is 10.6 Å². The smallest absolute Gasteiger partial charge is 0.338 e. The average Bonchev–Trinajstić information content (AvgIpc) is 3.68. The Balaban J connectivity index is 1.41. The van der Waals surface area contributed by atoms with E-state index in [1.807, 2.05) is 48.7 Å². The summed E-state index contributed by atoms with van der Waals surface area (Å²) in [6.45, 7) is 2.41. The highest BCUT2D eigenvalue weighted by Crippen LogP contribution is 2.42. The number of nitrogens with zero attached hydrogens (tertiary/aromatic N) is 6. The lowest BCUT2D eigenvalue weighted by Crippen LogP contribution is -2.41. The molecular formula is C35H29ClN6O7. The number of hydrogen-bond acceptors (Lipinski definition) is 12. The molecule has 5 atom stereocenters. The first kappa shape index (κ1) is 33.1. The van der Waals surface area contributed by atoms with Crippen molar-refractivity contribution in [3.05, 3.63) is 108 Å². The van der Waals surface area contributed by atoms with Gasteiger partial charge in [0.2, 0.25) is 0 Å². The first-order valence-corrected chi connectivity index (χ1v) is 15.4. The molecule has 1 fully saturated rings. The minimum atomic E-state index is -1.26. The molecule has 2 aromatic heterocycles. The van der Waals surface area contributed by atoms with Gasteiger partial charge < -0.3 is 18.9 Å². The zero-order valence-electron chi connectivity index (χ0n) is 26.5. The number of imidazole rings is 1. The monoisotopic (exact) mass is 680 g/mol. The van der Waals surface area contributed by atoms with Gasteiger partial charge in [0.05, 0.1) is 11.9 Å². The minimum Gasteiger partial charge on any atom is -0.455 e. The van der Waals surface area contributed by atoms with E-state index in [1.165, 1.54) is 43.0 Å². The molecule has 14 heteroatoms. The second kappa shape index (κ2) is 14.1. The predicted molar refractivity (Wildman–Crippen MR) is 176 cm³/mol. The highest BCUT2D eigenvalue weighted by Gasteiger charge is 2.54. The number of hydrogen-bond donors (Lipinski definition) is 0. The van der Waals surface area contributed by atoms with Crippen LogP contribution < -0.4 is 4.90 Å². The number of anilines is 1. The molecule has 0 amide bonds.